The molecule has 27 heavy (non-hydrogen) atoms. The lowest BCUT2D eigenvalue weighted by atomic mass is 10.1. The van der Waals surface area contributed by atoms with Crippen molar-refractivity contribution in [3.05, 3.63) is 51.3 Å². The van der Waals surface area contributed by atoms with E-state index in [2.05, 4.69) is 21.2 Å². The van der Waals surface area contributed by atoms with Gasteiger partial charge in [0.1, 0.15) is 10.3 Å². The highest BCUT2D eigenvalue weighted by Gasteiger charge is 2.34. The van der Waals surface area contributed by atoms with Gasteiger partial charge in [0.2, 0.25) is 15.9 Å². The molecule has 1 aliphatic heterocycles. The van der Waals surface area contributed by atoms with E-state index in [-0.39, 0.29) is 22.6 Å². The van der Waals surface area contributed by atoms with Gasteiger partial charge in [-0.25, -0.2) is 13.6 Å². The van der Waals surface area contributed by atoms with E-state index in [1.165, 1.54) is 6.07 Å². The van der Waals surface area contributed by atoms with Gasteiger partial charge < -0.3 is 10.2 Å². The Morgan fingerprint density at radius 1 is 1.22 bits per heavy atom. The van der Waals surface area contributed by atoms with Crippen molar-refractivity contribution in [3.8, 4) is 0 Å². The number of rotatable bonds is 5. The molecule has 0 bridgehead atoms. The lowest BCUT2D eigenvalue weighted by Crippen LogP contribution is -2.45. The minimum Gasteiger partial charge on any atom is -0.349 e. The first-order chi connectivity index (χ1) is 12.8. The van der Waals surface area contributed by atoms with E-state index in [9.17, 15) is 18.0 Å². The molecular weight excluding hydrogens is 454 g/mol. The van der Waals surface area contributed by atoms with Gasteiger partial charge in [-0.3, -0.25) is 9.59 Å². The van der Waals surface area contributed by atoms with Gasteiger partial charge in [0.15, 0.2) is 0 Å². The molecule has 1 atom stereocenters. The Balaban J connectivity index is 1.64. The lowest BCUT2D eigenvalue weighted by molar-refractivity contribution is -0.125. The molecule has 0 spiro atoms. The molecule has 2 heterocycles. The molecule has 1 aliphatic rings. The van der Waals surface area contributed by atoms with Crippen LogP contribution in [0.4, 0.5) is 0 Å². The monoisotopic (exact) mass is 471 g/mol. The number of amides is 2. The summed E-state index contributed by atoms with van der Waals surface area (Å²) in [6.07, 6.45) is 1.36. The number of carbonyl (C=O) groups excluding carboxylic acids is 2. The minimum absolute atomic E-state index is 0.0552. The standard InChI is InChI=1S/C17H18BrN3O4S2/c18-12-5-3-11(4-6-12)17(23)21-9-1-2-14(21)16(22)20-10-13-7-8-15(26-13)27(19,24)25/h3-8,14H,1-2,9-10H2,(H,20,22)(H2,19,24,25). The average Bonchev–Trinajstić information content (AvgIpc) is 3.29. The molecule has 10 heteroatoms. The summed E-state index contributed by atoms with van der Waals surface area (Å²) < 4.78 is 23.6. The van der Waals surface area contributed by atoms with Gasteiger partial charge in [0.05, 0.1) is 6.54 Å². The van der Waals surface area contributed by atoms with Gasteiger partial charge in [0, 0.05) is 21.5 Å². The third-order valence-corrected chi connectivity index (χ3v) is 7.31. The third-order valence-electron chi connectivity index (χ3n) is 4.26. The fourth-order valence-electron chi connectivity index (χ4n) is 2.94. The van der Waals surface area contributed by atoms with Crippen molar-refractivity contribution in [1.82, 2.24) is 10.2 Å². The lowest BCUT2D eigenvalue weighted by Gasteiger charge is -2.24. The van der Waals surface area contributed by atoms with E-state index >= 15 is 0 Å². The molecule has 1 aromatic carbocycles. The first-order valence-electron chi connectivity index (χ1n) is 8.21. The number of halogens is 1. The Morgan fingerprint density at radius 2 is 1.93 bits per heavy atom. The van der Waals surface area contributed by atoms with Crippen LogP contribution < -0.4 is 10.5 Å². The third kappa shape index (κ3) is 4.75. The summed E-state index contributed by atoms with van der Waals surface area (Å²) in [6, 6.07) is 9.53. The Hall–Kier alpha value is -1.75. The van der Waals surface area contributed by atoms with Crippen LogP contribution in [-0.2, 0) is 21.4 Å². The molecular formula is C17H18BrN3O4S2. The number of sulfonamides is 1. The van der Waals surface area contributed by atoms with Crippen molar-refractivity contribution >= 4 is 49.1 Å². The van der Waals surface area contributed by atoms with Gasteiger partial charge in [-0.1, -0.05) is 15.9 Å². The molecule has 2 amide bonds. The topological polar surface area (TPSA) is 110 Å². The van der Waals surface area contributed by atoms with E-state index in [1.807, 2.05) is 0 Å². The van der Waals surface area contributed by atoms with E-state index < -0.39 is 16.1 Å². The van der Waals surface area contributed by atoms with Crippen LogP contribution in [0.2, 0.25) is 0 Å². The number of nitrogens with one attached hydrogen (secondary N) is 1. The van der Waals surface area contributed by atoms with Crippen molar-refractivity contribution in [2.24, 2.45) is 5.14 Å². The summed E-state index contributed by atoms with van der Waals surface area (Å²) in [5.41, 5.74) is 0.536. The van der Waals surface area contributed by atoms with Crippen LogP contribution in [0.5, 0.6) is 0 Å². The number of likely N-dealkylation sites (tertiary alicyclic amines) is 1. The minimum atomic E-state index is -3.74. The van der Waals surface area contributed by atoms with Crippen molar-refractivity contribution < 1.29 is 18.0 Å². The maximum Gasteiger partial charge on any atom is 0.254 e. The predicted molar refractivity (Wildman–Crippen MR) is 106 cm³/mol. The van der Waals surface area contributed by atoms with Crippen LogP contribution in [0.25, 0.3) is 0 Å². The molecule has 1 saturated heterocycles. The fourth-order valence-corrected chi connectivity index (χ4v) is 4.92. The van der Waals surface area contributed by atoms with Gasteiger partial charge >= 0.3 is 0 Å². The maximum atomic E-state index is 12.7. The fraction of sp³-hybridized carbons (Fsp3) is 0.294. The summed E-state index contributed by atoms with van der Waals surface area (Å²) in [5.74, 6) is -0.420. The first kappa shape index (κ1) is 20.0. The Kier molecular flexibility index (Phi) is 5.99. The van der Waals surface area contributed by atoms with Crippen molar-refractivity contribution in [3.63, 3.8) is 0 Å². The Bertz CT molecular complexity index is 957. The number of hydrogen-bond donors (Lipinski definition) is 2. The predicted octanol–water partition coefficient (Wildman–Crippen LogP) is 2.08. The summed E-state index contributed by atoms with van der Waals surface area (Å²) in [4.78, 5) is 27.5. The van der Waals surface area contributed by atoms with Crippen LogP contribution >= 0.6 is 27.3 Å². The average molecular weight is 472 g/mol. The number of primary sulfonamides is 1. The maximum absolute atomic E-state index is 12.7. The second-order valence-electron chi connectivity index (χ2n) is 6.15. The van der Waals surface area contributed by atoms with Crippen LogP contribution in [0.3, 0.4) is 0 Å². The molecule has 3 N–H and O–H groups in total. The smallest absolute Gasteiger partial charge is 0.254 e. The normalized spacial score (nSPS) is 17.1. The number of hydrogen-bond acceptors (Lipinski definition) is 5. The van der Waals surface area contributed by atoms with Crippen LogP contribution in [-0.4, -0.2) is 37.7 Å². The van der Waals surface area contributed by atoms with Crippen molar-refractivity contribution in [1.29, 1.82) is 0 Å². The number of benzene rings is 1. The van der Waals surface area contributed by atoms with Gasteiger partial charge in [-0.05, 0) is 49.2 Å². The summed E-state index contributed by atoms with van der Waals surface area (Å²) in [7, 11) is -3.74. The second-order valence-corrected chi connectivity index (χ2v) is 10.0. The van der Waals surface area contributed by atoms with Gasteiger partial charge in [-0.15, -0.1) is 11.3 Å². The highest BCUT2D eigenvalue weighted by Crippen LogP contribution is 2.23. The summed E-state index contributed by atoms with van der Waals surface area (Å²) >= 11 is 4.35. The molecule has 1 fully saturated rings. The van der Waals surface area contributed by atoms with Crippen molar-refractivity contribution in [2.75, 3.05) is 6.54 Å². The number of nitrogens with two attached hydrogens (primary N) is 1. The number of carbonyl (C=O) groups is 2. The highest BCUT2D eigenvalue weighted by molar-refractivity contribution is 9.10. The van der Waals surface area contributed by atoms with Crippen LogP contribution in [0, 0.1) is 0 Å². The van der Waals surface area contributed by atoms with E-state index in [4.69, 9.17) is 5.14 Å². The zero-order valence-corrected chi connectivity index (χ0v) is 17.4. The first-order valence-corrected chi connectivity index (χ1v) is 11.4. The molecule has 3 rings (SSSR count). The molecule has 144 valence electrons. The van der Waals surface area contributed by atoms with E-state index in [0.29, 0.717) is 23.4 Å². The second kappa shape index (κ2) is 8.09. The molecule has 1 aromatic heterocycles. The Morgan fingerprint density at radius 3 is 2.56 bits per heavy atom. The van der Waals surface area contributed by atoms with Crippen LogP contribution in [0.15, 0.2) is 45.1 Å². The molecule has 7 nitrogen and oxygen atoms in total. The van der Waals surface area contributed by atoms with Crippen LogP contribution in [0.1, 0.15) is 28.1 Å². The number of nitrogens with zero attached hydrogens (tertiary/aromatic N) is 1. The largest absolute Gasteiger partial charge is 0.349 e. The number of thiophene rings is 1. The highest BCUT2D eigenvalue weighted by atomic mass is 79.9. The quantitative estimate of drug-likeness (QED) is 0.695. The van der Waals surface area contributed by atoms with Gasteiger partial charge in [-0.2, -0.15) is 0 Å². The van der Waals surface area contributed by atoms with E-state index in [1.54, 1.807) is 35.2 Å². The zero-order chi connectivity index (χ0) is 19.6. The summed E-state index contributed by atoms with van der Waals surface area (Å²) in [6.45, 7) is 0.720. The SMILES string of the molecule is NS(=O)(=O)c1ccc(CNC(=O)C2CCCN2C(=O)c2ccc(Br)cc2)s1. The molecule has 0 saturated carbocycles. The molecule has 2 aromatic rings. The summed E-state index contributed by atoms with van der Waals surface area (Å²) in [5, 5.41) is 7.88. The Labute approximate surface area is 169 Å². The molecule has 1 unspecified atom stereocenters. The molecule has 0 aliphatic carbocycles. The molecule has 0 radical (unpaired) electrons. The van der Waals surface area contributed by atoms with Crippen molar-refractivity contribution in [2.45, 2.75) is 29.6 Å². The van der Waals surface area contributed by atoms with Gasteiger partial charge in [0.25, 0.3) is 5.91 Å². The zero-order valence-electron chi connectivity index (χ0n) is 14.2. The van der Waals surface area contributed by atoms with E-state index in [0.717, 1.165) is 22.2 Å².